The predicted molar refractivity (Wildman–Crippen MR) is 86.4 cm³/mol. The van der Waals surface area contributed by atoms with Crippen LogP contribution in [0.5, 0.6) is 5.88 Å². The normalized spacial score (nSPS) is 16.3. The molecule has 3 N–H and O–H groups in total. The monoisotopic (exact) mass is 410 g/mol. The number of rotatable bonds is 8. The molecule has 0 amide bonds. The van der Waals surface area contributed by atoms with Gasteiger partial charge in [-0.05, 0) is 34.7 Å². The second kappa shape index (κ2) is 8.73. The third kappa shape index (κ3) is 5.84. The van der Waals surface area contributed by atoms with Crippen LogP contribution in [0, 0.1) is 5.92 Å². The first kappa shape index (κ1) is 18.3. The van der Waals surface area contributed by atoms with Gasteiger partial charge in [0.1, 0.15) is 17.4 Å². The first-order valence-corrected chi connectivity index (χ1v) is 9.39. The fourth-order valence-electron chi connectivity index (χ4n) is 2.01. The molecule has 2 rings (SSSR count). The zero-order valence-electron chi connectivity index (χ0n) is 12.4. The van der Waals surface area contributed by atoms with E-state index in [1.165, 1.54) is 6.33 Å². The van der Waals surface area contributed by atoms with Gasteiger partial charge < -0.3 is 14.6 Å². The summed E-state index contributed by atoms with van der Waals surface area (Å²) in [5, 5.41) is 8.75. The van der Waals surface area contributed by atoms with Crippen LogP contribution in [-0.2, 0) is 14.9 Å². The largest absolute Gasteiger partial charge is 0.474 e. The van der Waals surface area contributed by atoms with Crippen LogP contribution < -0.4 is 14.2 Å². The molecule has 1 aliphatic rings. The molecule has 23 heavy (non-hydrogen) atoms. The van der Waals surface area contributed by atoms with Gasteiger partial charge in [0.2, 0.25) is 5.88 Å². The van der Waals surface area contributed by atoms with Crippen LogP contribution in [-0.4, -0.2) is 56.5 Å². The zero-order valence-corrected chi connectivity index (χ0v) is 14.8. The van der Waals surface area contributed by atoms with Crippen LogP contribution in [0.3, 0.4) is 0 Å². The third-order valence-corrected chi connectivity index (χ3v) is 4.95. The minimum Gasteiger partial charge on any atom is -0.474 e. The van der Waals surface area contributed by atoms with E-state index in [2.05, 4.69) is 35.3 Å². The number of hydrogen-bond donors (Lipinski definition) is 3. The molecule has 1 fully saturated rings. The average Bonchev–Trinajstić information content (AvgIpc) is 2.55. The molecule has 1 aliphatic heterocycles. The number of hydrogen-bond acceptors (Lipinski definition) is 7. The highest BCUT2D eigenvalue weighted by Gasteiger charge is 2.19. The van der Waals surface area contributed by atoms with Crippen molar-refractivity contribution >= 4 is 32.0 Å². The van der Waals surface area contributed by atoms with Gasteiger partial charge in [0.25, 0.3) is 10.2 Å². The first-order chi connectivity index (χ1) is 11.0. The van der Waals surface area contributed by atoms with Crippen LogP contribution in [0.2, 0.25) is 0 Å². The van der Waals surface area contributed by atoms with Gasteiger partial charge in [0.05, 0.1) is 6.61 Å². The standard InChI is InChI=1S/C12H19BrN4O5S/c13-10-11(14-8-15-12(10)22-6-3-18)17-23(19,20)16-7-9-1-4-21-5-2-9/h8-9,16,18H,1-7H2,(H,14,15,17). The van der Waals surface area contributed by atoms with Crippen molar-refractivity contribution in [1.82, 2.24) is 14.7 Å². The number of aliphatic hydroxyl groups is 1. The Bertz CT molecular complexity index is 609. The molecule has 0 unspecified atom stereocenters. The van der Waals surface area contributed by atoms with Crippen LogP contribution in [0.25, 0.3) is 0 Å². The highest BCUT2D eigenvalue weighted by Crippen LogP contribution is 2.28. The number of anilines is 1. The lowest BCUT2D eigenvalue weighted by atomic mass is 10.0. The maximum absolute atomic E-state index is 12.1. The van der Waals surface area contributed by atoms with Gasteiger partial charge >= 0.3 is 0 Å². The van der Waals surface area contributed by atoms with Gasteiger partial charge in [-0.3, -0.25) is 4.72 Å². The molecule has 0 radical (unpaired) electrons. The van der Waals surface area contributed by atoms with Crippen LogP contribution in [0.4, 0.5) is 5.82 Å². The lowest BCUT2D eigenvalue weighted by molar-refractivity contribution is 0.0678. The second-order valence-corrected chi connectivity index (χ2v) is 7.22. The van der Waals surface area contributed by atoms with Crippen molar-refractivity contribution in [3.8, 4) is 5.88 Å². The van der Waals surface area contributed by atoms with Crippen molar-refractivity contribution in [2.24, 2.45) is 5.92 Å². The zero-order chi connectivity index (χ0) is 16.7. The van der Waals surface area contributed by atoms with E-state index in [4.69, 9.17) is 14.6 Å². The van der Waals surface area contributed by atoms with Crippen LogP contribution in [0.1, 0.15) is 12.8 Å². The Morgan fingerprint density at radius 1 is 1.39 bits per heavy atom. The van der Waals surface area contributed by atoms with Gasteiger partial charge in [-0.1, -0.05) is 0 Å². The molecule has 130 valence electrons. The van der Waals surface area contributed by atoms with E-state index in [0.29, 0.717) is 19.8 Å². The Kier molecular flexibility index (Phi) is 6.96. The minimum atomic E-state index is -3.76. The van der Waals surface area contributed by atoms with Crippen molar-refractivity contribution in [1.29, 1.82) is 0 Å². The summed E-state index contributed by atoms with van der Waals surface area (Å²) in [5.74, 6) is 0.473. The van der Waals surface area contributed by atoms with Crippen molar-refractivity contribution in [2.45, 2.75) is 12.8 Å². The molecule has 0 aromatic carbocycles. The summed E-state index contributed by atoms with van der Waals surface area (Å²) >= 11 is 3.19. The second-order valence-electron chi connectivity index (χ2n) is 4.92. The van der Waals surface area contributed by atoms with Gasteiger partial charge in [-0.15, -0.1) is 0 Å². The van der Waals surface area contributed by atoms with Gasteiger partial charge in [-0.2, -0.15) is 13.1 Å². The van der Waals surface area contributed by atoms with E-state index in [1.54, 1.807) is 0 Å². The number of ether oxygens (including phenoxy) is 2. The molecule has 0 atom stereocenters. The predicted octanol–water partition coefficient (Wildman–Crippen LogP) is 0.283. The maximum atomic E-state index is 12.1. The Hall–Kier alpha value is -1.01. The topological polar surface area (TPSA) is 123 Å². The highest BCUT2D eigenvalue weighted by molar-refractivity contribution is 9.10. The van der Waals surface area contributed by atoms with E-state index < -0.39 is 10.2 Å². The molecule has 0 aliphatic carbocycles. The van der Waals surface area contributed by atoms with Crippen molar-refractivity contribution in [3.05, 3.63) is 10.8 Å². The maximum Gasteiger partial charge on any atom is 0.300 e. The van der Waals surface area contributed by atoms with Crippen molar-refractivity contribution in [2.75, 3.05) is 37.7 Å². The van der Waals surface area contributed by atoms with E-state index in [0.717, 1.165) is 12.8 Å². The highest BCUT2D eigenvalue weighted by atomic mass is 79.9. The quantitative estimate of drug-likeness (QED) is 0.562. The molecular formula is C12H19BrN4O5S. The Morgan fingerprint density at radius 3 is 2.83 bits per heavy atom. The molecule has 0 bridgehead atoms. The third-order valence-electron chi connectivity index (χ3n) is 3.22. The summed E-state index contributed by atoms with van der Waals surface area (Å²) in [7, 11) is -3.76. The van der Waals surface area contributed by atoms with E-state index >= 15 is 0 Å². The molecule has 11 heteroatoms. The Balaban J connectivity index is 1.96. The molecule has 1 saturated heterocycles. The first-order valence-electron chi connectivity index (χ1n) is 7.11. The summed E-state index contributed by atoms with van der Waals surface area (Å²) in [6.45, 7) is 1.52. The summed E-state index contributed by atoms with van der Waals surface area (Å²) in [4.78, 5) is 7.74. The summed E-state index contributed by atoms with van der Waals surface area (Å²) < 4.78 is 39.7. The van der Waals surface area contributed by atoms with Gasteiger partial charge in [-0.25, -0.2) is 9.97 Å². The number of aromatic nitrogens is 2. The molecule has 1 aromatic heterocycles. The summed E-state index contributed by atoms with van der Waals surface area (Å²) in [6.07, 6.45) is 2.84. The minimum absolute atomic E-state index is 0.0454. The lowest BCUT2D eigenvalue weighted by Crippen LogP contribution is -2.36. The van der Waals surface area contributed by atoms with E-state index in [1.807, 2.05) is 0 Å². The van der Waals surface area contributed by atoms with Crippen molar-refractivity contribution < 1.29 is 23.0 Å². The number of aliphatic hydroxyl groups excluding tert-OH is 1. The number of halogens is 1. The molecule has 9 nitrogen and oxygen atoms in total. The number of nitrogens with one attached hydrogen (secondary N) is 2. The Labute approximate surface area is 143 Å². The fraction of sp³-hybridized carbons (Fsp3) is 0.667. The van der Waals surface area contributed by atoms with Gasteiger partial charge in [0.15, 0.2) is 5.82 Å². The fourth-order valence-corrected chi connectivity index (χ4v) is 3.50. The van der Waals surface area contributed by atoms with Crippen molar-refractivity contribution in [3.63, 3.8) is 0 Å². The smallest absolute Gasteiger partial charge is 0.300 e. The summed E-state index contributed by atoms with van der Waals surface area (Å²) in [6, 6.07) is 0. The number of nitrogens with zero attached hydrogens (tertiary/aromatic N) is 2. The molecule has 0 spiro atoms. The SMILES string of the molecule is O=S(=O)(NCC1CCOCC1)Nc1ncnc(OCCO)c1Br. The Morgan fingerprint density at radius 2 is 2.13 bits per heavy atom. The average molecular weight is 411 g/mol. The van der Waals surface area contributed by atoms with Crippen LogP contribution >= 0.6 is 15.9 Å². The molecule has 0 saturated carbocycles. The van der Waals surface area contributed by atoms with E-state index in [-0.39, 0.29) is 35.3 Å². The van der Waals surface area contributed by atoms with E-state index in [9.17, 15) is 8.42 Å². The lowest BCUT2D eigenvalue weighted by Gasteiger charge is -2.22. The molecule has 1 aromatic rings. The summed E-state index contributed by atoms with van der Waals surface area (Å²) in [5.41, 5.74) is 0. The molecular weight excluding hydrogens is 392 g/mol. The van der Waals surface area contributed by atoms with Crippen LogP contribution in [0.15, 0.2) is 10.8 Å². The van der Waals surface area contributed by atoms with Gasteiger partial charge in [0, 0.05) is 19.8 Å². The molecule has 2 heterocycles.